The van der Waals surface area contributed by atoms with Gasteiger partial charge in [0.05, 0.1) is 0 Å². The molecule has 1 aliphatic heterocycles. The third-order valence-electron chi connectivity index (χ3n) is 2.77. The average Bonchev–Trinajstić information content (AvgIpc) is 2.63. The minimum Gasteiger partial charge on any atom is -0.359 e. The summed E-state index contributed by atoms with van der Waals surface area (Å²) in [6.45, 7) is 3.02. The molecule has 1 rings (SSSR count). The Morgan fingerprint density at radius 3 is 2.67 bits per heavy atom. The Kier molecular flexibility index (Phi) is 6.41. The molecule has 0 bridgehead atoms. The van der Waals surface area contributed by atoms with Crippen LogP contribution >= 0.6 is 0 Å². The maximum absolute atomic E-state index is 10.9. The maximum Gasteiger partial charge on any atom is 0.222 e. The third-order valence-corrected chi connectivity index (χ3v) is 2.77. The van der Waals surface area contributed by atoms with Crippen molar-refractivity contribution in [1.82, 2.24) is 5.32 Å². The molecule has 1 unspecified atom stereocenters. The van der Waals surface area contributed by atoms with E-state index < -0.39 is 0 Å². The van der Waals surface area contributed by atoms with Crippen molar-refractivity contribution in [2.75, 3.05) is 6.61 Å². The maximum atomic E-state index is 10.9. The molecule has 0 aliphatic carbocycles. The highest BCUT2D eigenvalue weighted by Gasteiger charge is 2.20. The van der Waals surface area contributed by atoms with E-state index in [4.69, 9.17) is 4.74 Å². The number of carbonyl (C=O) groups excluding carboxylic acids is 1. The van der Waals surface area contributed by atoms with E-state index in [1.807, 2.05) is 0 Å². The lowest BCUT2D eigenvalue weighted by Gasteiger charge is -2.10. The van der Waals surface area contributed by atoms with Crippen LogP contribution in [0.3, 0.4) is 0 Å². The number of amides is 1. The topological polar surface area (TPSA) is 38.3 Å². The summed E-state index contributed by atoms with van der Waals surface area (Å²) in [4.78, 5) is 10.9. The number of hydrogen-bond acceptors (Lipinski definition) is 2. The highest BCUT2D eigenvalue weighted by Crippen LogP contribution is 2.09. The summed E-state index contributed by atoms with van der Waals surface area (Å²) in [5, 5.41) is 2.80. The fourth-order valence-electron chi connectivity index (χ4n) is 1.82. The van der Waals surface area contributed by atoms with Gasteiger partial charge in [-0.25, -0.2) is 0 Å². The van der Waals surface area contributed by atoms with E-state index in [-0.39, 0.29) is 12.1 Å². The number of ether oxygens (including phenoxy) is 1. The molecular weight excluding hydrogens is 190 g/mol. The summed E-state index contributed by atoms with van der Waals surface area (Å²) >= 11 is 0. The Morgan fingerprint density at radius 1 is 1.27 bits per heavy atom. The molecule has 1 heterocycles. The first-order chi connectivity index (χ1) is 7.33. The molecule has 15 heavy (non-hydrogen) atoms. The average molecular weight is 213 g/mol. The molecule has 3 heteroatoms. The second-order valence-electron chi connectivity index (χ2n) is 4.23. The van der Waals surface area contributed by atoms with E-state index >= 15 is 0 Å². The first-order valence-corrected chi connectivity index (χ1v) is 6.24. The molecule has 1 amide bonds. The highest BCUT2D eigenvalue weighted by atomic mass is 16.5. The van der Waals surface area contributed by atoms with E-state index in [1.165, 1.54) is 32.1 Å². The van der Waals surface area contributed by atoms with Crippen LogP contribution in [0.25, 0.3) is 0 Å². The number of rotatable bonds is 8. The van der Waals surface area contributed by atoms with E-state index in [9.17, 15) is 4.79 Å². The van der Waals surface area contributed by atoms with Crippen molar-refractivity contribution >= 4 is 5.91 Å². The van der Waals surface area contributed by atoms with E-state index in [2.05, 4.69) is 12.2 Å². The molecular formula is C12H23NO2. The van der Waals surface area contributed by atoms with Crippen LogP contribution in [0.5, 0.6) is 0 Å². The summed E-state index contributed by atoms with van der Waals surface area (Å²) in [6.07, 6.45) is 9.13. The molecule has 1 aliphatic rings. The van der Waals surface area contributed by atoms with Crippen molar-refractivity contribution in [3.05, 3.63) is 0 Å². The van der Waals surface area contributed by atoms with Gasteiger partial charge in [0.15, 0.2) is 0 Å². The Bertz CT molecular complexity index is 182. The second kappa shape index (κ2) is 7.69. The lowest BCUT2D eigenvalue weighted by atomic mass is 10.1. The van der Waals surface area contributed by atoms with Gasteiger partial charge in [-0.05, 0) is 6.42 Å². The summed E-state index contributed by atoms with van der Waals surface area (Å²) in [6, 6.07) is 0. The van der Waals surface area contributed by atoms with Gasteiger partial charge in [0.1, 0.15) is 6.23 Å². The molecule has 0 radical (unpaired) electrons. The molecule has 1 fully saturated rings. The highest BCUT2D eigenvalue weighted by molar-refractivity contribution is 5.78. The molecule has 0 saturated carbocycles. The molecule has 3 nitrogen and oxygen atoms in total. The fraction of sp³-hybridized carbons (Fsp3) is 0.917. The van der Waals surface area contributed by atoms with Gasteiger partial charge in [-0.3, -0.25) is 4.79 Å². The van der Waals surface area contributed by atoms with Crippen LogP contribution < -0.4 is 5.32 Å². The van der Waals surface area contributed by atoms with Gasteiger partial charge in [0, 0.05) is 19.4 Å². The van der Waals surface area contributed by atoms with Crippen LogP contribution in [0.2, 0.25) is 0 Å². The lowest BCUT2D eigenvalue weighted by molar-refractivity contribution is -0.120. The summed E-state index contributed by atoms with van der Waals surface area (Å²) in [5.74, 6) is 0.128. The molecule has 1 saturated heterocycles. The van der Waals surface area contributed by atoms with Crippen molar-refractivity contribution in [2.45, 2.75) is 64.5 Å². The first-order valence-electron chi connectivity index (χ1n) is 6.24. The van der Waals surface area contributed by atoms with Crippen LogP contribution in [0.15, 0.2) is 0 Å². The predicted octanol–water partition coefficient (Wildman–Crippen LogP) is 2.60. The third kappa shape index (κ3) is 5.78. The molecule has 0 spiro atoms. The van der Waals surface area contributed by atoms with Gasteiger partial charge in [-0.2, -0.15) is 0 Å². The smallest absolute Gasteiger partial charge is 0.222 e. The van der Waals surface area contributed by atoms with Crippen molar-refractivity contribution < 1.29 is 9.53 Å². The molecule has 0 aromatic carbocycles. The monoisotopic (exact) mass is 213 g/mol. The van der Waals surface area contributed by atoms with E-state index in [1.54, 1.807) is 0 Å². The Labute approximate surface area is 92.6 Å². The van der Waals surface area contributed by atoms with Gasteiger partial charge in [0.25, 0.3) is 0 Å². The van der Waals surface area contributed by atoms with Gasteiger partial charge in [-0.15, -0.1) is 0 Å². The molecule has 0 aromatic heterocycles. The lowest BCUT2D eigenvalue weighted by Crippen LogP contribution is -2.28. The van der Waals surface area contributed by atoms with Gasteiger partial charge in [-0.1, -0.05) is 39.0 Å². The van der Waals surface area contributed by atoms with E-state index in [0.717, 1.165) is 19.4 Å². The van der Waals surface area contributed by atoms with Crippen LogP contribution in [0.1, 0.15) is 58.3 Å². The van der Waals surface area contributed by atoms with Crippen molar-refractivity contribution in [3.63, 3.8) is 0 Å². The Balaban J connectivity index is 1.83. The fourth-order valence-corrected chi connectivity index (χ4v) is 1.82. The molecule has 1 atom stereocenters. The predicted molar refractivity (Wildman–Crippen MR) is 60.5 cm³/mol. The van der Waals surface area contributed by atoms with Crippen molar-refractivity contribution in [3.8, 4) is 0 Å². The SMILES string of the molecule is CCCCCCCCOC1CCC(=O)N1. The molecule has 88 valence electrons. The Hall–Kier alpha value is -0.570. The number of carbonyl (C=O) groups is 1. The van der Waals surface area contributed by atoms with E-state index in [0.29, 0.717) is 6.42 Å². The normalized spacial score (nSPS) is 20.6. The summed E-state index contributed by atoms with van der Waals surface area (Å²) in [5.41, 5.74) is 0. The van der Waals surface area contributed by atoms with Crippen molar-refractivity contribution in [1.29, 1.82) is 0 Å². The minimum atomic E-state index is -0.00635. The largest absolute Gasteiger partial charge is 0.359 e. The van der Waals surface area contributed by atoms with Crippen LogP contribution in [-0.4, -0.2) is 18.7 Å². The zero-order valence-corrected chi connectivity index (χ0v) is 9.76. The summed E-state index contributed by atoms with van der Waals surface area (Å²) in [7, 11) is 0. The molecule has 1 N–H and O–H groups in total. The Morgan fingerprint density at radius 2 is 2.00 bits per heavy atom. The van der Waals surface area contributed by atoms with Gasteiger partial charge < -0.3 is 10.1 Å². The van der Waals surface area contributed by atoms with Crippen LogP contribution in [0.4, 0.5) is 0 Å². The first kappa shape index (κ1) is 12.5. The minimum absolute atomic E-state index is 0.00635. The van der Waals surface area contributed by atoms with Crippen molar-refractivity contribution in [2.24, 2.45) is 0 Å². The van der Waals surface area contributed by atoms with Crippen LogP contribution in [-0.2, 0) is 9.53 Å². The number of unbranched alkanes of at least 4 members (excludes halogenated alkanes) is 5. The number of nitrogens with one attached hydrogen (secondary N) is 1. The number of hydrogen-bond donors (Lipinski definition) is 1. The molecule has 0 aromatic rings. The zero-order valence-electron chi connectivity index (χ0n) is 9.76. The zero-order chi connectivity index (χ0) is 10.9. The standard InChI is InChI=1S/C12H23NO2/c1-2-3-4-5-6-7-10-15-12-9-8-11(14)13-12/h12H,2-10H2,1H3,(H,13,14). The summed E-state index contributed by atoms with van der Waals surface area (Å²) < 4.78 is 5.55. The quantitative estimate of drug-likeness (QED) is 0.629. The second-order valence-corrected chi connectivity index (χ2v) is 4.23. The van der Waals surface area contributed by atoms with Gasteiger partial charge >= 0.3 is 0 Å². The van der Waals surface area contributed by atoms with Gasteiger partial charge in [0.2, 0.25) is 5.91 Å². The van der Waals surface area contributed by atoms with Crippen LogP contribution in [0, 0.1) is 0 Å².